The first-order valence-electron chi connectivity index (χ1n) is 29.0. The van der Waals surface area contributed by atoms with Crippen LogP contribution in [-0.2, 0) is 55.4 Å². The Morgan fingerprint density at radius 1 is 0.830 bits per heavy atom. The van der Waals surface area contributed by atoms with Gasteiger partial charge in [-0.2, -0.15) is 22.9 Å². The molecule has 1 aliphatic rings. The fourth-order valence-electron chi connectivity index (χ4n) is 9.31. The van der Waals surface area contributed by atoms with Gasteiger partial charge in [0.15, 0.2) is 23.1 Å². The molecule has 26 heteroatoms. The first-order valence-corrected chi connectivity index (χ1v) is 34.1. The number of carbonyl (C=O) groups excluding carboxylic acids is 7. The Morgan fingerprint density at radius 3 is 2.03 bits per heavy atom. The van der Waals surface area contributed by atoms with E-state index in [9.17, 15) is 47.4 Å². The molecule has 24 nitrogen and oxygen atoms in total. The Kier molecular flexibility index (Phi) is 23.5. The molecule has 2 heterocycles. The summed E-state index contributed by atoms with van der Waals surface area (Å²) in [4.78, 5) is 113. The number of esters is 1. The number of hydrogen-bond acceptors (Lipinski definition) is 18. The number of hydrogen-bond donors (Lipinski definition) is 6. The maximum absolute atomic E-state index is 15.4. The third-order valence-electron chi connectivity index (χ3n) is 14.5. The minimum absolute atomic E-state index is 0.0270. The molecule has 0 spiro atoms. The van der Waals surface area contributed by atoms with Gasteiger partial charge in [-0.15, -0.1) is 0 Å². The molecule has 4 aromatic rings. The Morgan fingerprint density at radius 2 is 1.45 bits per heavy atom. The topological polar surface area (TPSA) is 326 Å². The van der Waals surface area contributed by atoms with E-state index in [-0.39, 0.29) is 77.3 Å². The lowest BCUT2D eigenvalue weighted by molar-refractivity contribution is -0.146. The highest BCUT2D eigenvalue weighted by Gasteiger charge is 2.39. The molecule has 3 aromatic carbocycles. The van der Waals surface area contributed by atoms with E-state index >= 15 is 9.59 Å². The molecule has 6 atom stereocenters. The molecule has 0 radical (unpaired) electrons. The number of aromatic nitrogens is 2. The summed E-state index contributed by atoms with van der Waals surface area (Å²) in [6.07, 6.45) is -3.26. The van der Waals surface area contributed by atoms with Gasteiger partial charge < -0.3 is 49.4 Å². The van der Waals surface area contributed by atoms with Gasteiger partial charge in [-0.25, -0.2) is 19.1 Å². The lowest BCUT2D eigenvalue weighted by atomic mass is 9.87. The van der Waals surface area contributed by atoms with Crippen LogP contribution in [0.1, 0.15) is 129 Å². The highest BCUT2D eigenvalue weighted by atomic mass is 32.2. The first kappa shape index (κ1) is 71.1. The zero-order valence-corrected chi connectivity index (χ0v) is 55.1. The summed E-state index contributed by atoms with van der Waals surface area (Å²) < 4.78 is 60.5. The molecule has 4 amide bonds. The number of methoxy groups -OCH3 is 1. The number of likely N-dealkylation sites (N-methyl/N-ethyl adjacent to an activating group) is 1. The van der Waals surface area contributed by atoms with E-state index in [1.807, 2.05) is 32.9 Å². The molecule has 0 unspecified atom stereocenters. The maximum atomic E-state index is 15.4. The molecule has 1 aliphatic heterocycles. The van der Waals surface area contributed by atoms with E-state index in [0.717, 1.165) is 34.5 Å². The minimum atomic E-state index is -4.86. The molecule has 1 aromatic heterocycles. The van der Waals surface area contributed by atoms with Crippen molar-refractivity contribution in [2.24, 2.45) is 11.8 Å². The fourth-order valence-corrected chi connectivity index (χ4v) is 11.4. The average Bonchev–Trinajstić information content (AvgIpc) is 0.870. The quantitative estimate of drug-likeness (QED) is 0.0207. The highest BCUT2D eigenvalue weighted by molar-refractivity contribution is 7.88. The summed E-state index contributed by atoms with van der Waals surface area (Å²) in [6, 6.07) is 12.5. The first-order chi connectivity index (χ1) is 40.7. The second-order valence-electron chi connectivity index (χ2n) is 26.2. The number of amides is 4. The number of carbonyl (C=O) groups is 7. The largest absolute Gasteiger partial charge is 0.504 e. The molecule has 0 saturated carbocycles. The van der Waals surface area contributed by atoms with Crippen LogP contribution >= 0.6 is 0 Å². The van der Waals surface area contributed by atoms with Crippen molar-refractivity contribution < 1.29 is 75.9 Å². The van der Waals surface area contributed by atoms with Crippen LogP contribution in [0.3, 0.4) is 0 Å². The molecule has 0 aliphatic carbocycles. The Balaban J connectivity index is 1.71. The number of aromatic hydroxyl groups is 1. The summed E-state index contributed by atoms with van der Waals surface area (Å²) in [5.41, 5.74) is -1.39. The standard InChI is InChI=1S/C62H87N7O17SSi/c1-17-43(70)34-83-51-29-38-27-46(54(51)74)45-25-37(18-23-50(45)84-35-44(88(14,15)16)33-63-58(78)85-61(6,7)8)26-47(57(77)82-13)66-55(75)36(2)24-49(72)53(38)68(12)56(76)40(32-65-87(80,81)67-59(79)86-62(9,10)11)28-48(71)39-30-52(73)69(64-31-39)42-21-19-41(20-22-42)60(3,4)5/h18-23,25,27,29-31,36,40,43-44,47,53,65,70,74H,17,24,26,28,32-35H2,1-16H3,(H,63,78)(H,66,75)(H,67,79)/t36-,40+,43-,44-,47+,53+/m1/s1. The molecule has 4 bridgehead atoms. The van der Waals surface area contributed by atoms with E-state index in [4.69, 9.17) is 23.7 Å². The number of aliphatic hydroxyl groups is 1. The molecule has 88 heavy (non-hydrogen) atoms. The molecule has 482 valence electrons. The summed E-state index contributed by atoms with van der Waals surface area (Å²) in [7, 11) is -4.69. The van der Waals surface area contributed by atoms with Gasteiger partial charge in [-0.3, -0.25) is 24.0 Å². The van der Waals surface area contributed by atoms with Crippen LogP contribution in [0.2, 0.25) is 25.2 Å². The number of nitrogens with one attached hydrogen (secondary N) is 4. The highest BCUT2D eigenvalue weighted by Crippen LogP contribution is 2.46. The molecular formula is C62H87N7O17SSi. The van der Waals surface area contributed by atoms with Crippen molar-refractivity contribution in [3.05, 3.63) is 99.5 Å². The predicted octanol–water partition coefficient (Wildman–Crippen LogP) is 7.22. The van der Waals surface area contributed by atoms with E-state index < -0.39 is 132 Å². The number of ketones is 2. The fraction of sp³-hybridized carbons (Fsp3) is 0.532. The lowest BCUT2D eigenvalue weighted by Crippen LogP contribution is -2.48. The number of nitrogens with zero attached hydrogens (tertiary/aromatic N) is 3. The van der Waals surface area contributed by atoms with E-state index in [1.54, 1.807) is 62.7 Å². The van der Waals surface area contributed by atoms with Crippen LogP contribution < -0.4 is 35.1 Å². The maximum Gasteiger partial charge on any atom is 0.422 e. The Hall–Kier alpha value is -7.68. The number of phenolic OH excluding ortho intramolecular Hbond substituents is 1. The van der Waals surface area contributed by atoms with Gasteiger partial charge in [0.1, 0.15) is 35.6 Å². The molecule has 5 rings (SSSR count). The third kappa shape index (κ3) is 20.2. The second-order valence-corrected chi connectivity index (χ2v) is 33.2. The number of alkyl carbamates (subject to hydrolysis) is 1. The molecular weight excluding hydrogens is 1170 g/mol. The molecule has 0 fully saturated rings. The van der Waals surface area contributed by atoms with Gasteiger partial charge in [0.05, 0.1) is 45.7 Å². The van der Waals surface area contributed by atoms with Crippen LogP contribution in [-0.4, -0.2) is 147 Å². The number of phenols is 1. The van der Waals surface area contributed by atoms with Gasteiger partial charge in [0.25, 0.3) is 5.56 Å². The molecule has 6 N–H and O–H groups in total. The smallest absolute Gasteiger partial charge is 0.422 e. The minimum Gasteiger partial charge on any atom is -0.504 e. The van der Waals surface area contributed by atoms with Gasteiger partial charge in [0, 0.05) is 73.6 Å². The van der Waals surface area contributed by atoms with Crippen LogP contribution in [0, 0.1) is 11.8 Å². The number of fused-ring (bicyclic) bond motifs is 5. The number of aliphatic hydroxyl groups excluding tert-OH is 1. The van der Waals surface area contributed by atoms with Crippen LogP contribution in [0.5, 0.6) is 17.2 Å². The van der Waals surface area contributed by atoms with E-state index in [0.29, 0.717) is 11.3 Å². The normalized spacial score (nSPS) is 17.0. The van der Waals surface area contributed by atoms with E-state index in [2.05, 4.69) is 40.1 Å². The predicted molar refractivity (Wildman–Crippen MR) is 331 cm³/mol. The summed E-state index contributed by atoms with van der Waals surface area (Å²) >= 11 is 0. The van der Waals surface area contributed by atoms with Crippen molar-refractivity contribution in [1.82, 2.24) is 34.8 Å². The third-order valence-corrected chi connectivity index (χ3v) is 18.3. The molecule has 0 saturated heterocycles. The zero-order valence-electron chi connectivity index (χ0n) is 53.2. The Labute approximate surface area is 515 Å². The van der Waals surface area contributed by atoms with Crippen molar-refractivity contribution in [2.45, 2.75) is 162 Å². The van der Waals surface area contributed by atoms with E-state index in [1.165, 1.54) is 46.9 Å². The van der Waals surface area contributed by atoms with Gasteiger partial charge >= 0.3 is 28.4 Å². The Bertz CT molecular complexity index is 3380. The van der Waals surface area contributed by atoms with Crippen molar-refractivity contribution >= 4 is 59.8 Å². The number of benzene rings is 3. The van der Waals surface area contributed by atoms with Gasteiger partial charge in [-0.1, -0.05) is 72.5 Å². The average molecular weight is 1260 g/mol. The van der Waals surface area contributed by atoms with Crippen LogP contribution in [0.15, 0.2) is 71.7 Å². The number of rotatable bonds is 21. The van der Waals surface area contributed by atoms with Gasteiger partial charge in [0.2, 0.25) is 11.8 Å². The summed E-state index contributed by atoms with van der Waals surface area (Å²) in [5.74, 6) is -7.81. The van der Waals surface area contributed by atoms with Crippen molar-refractivity contribution in [1.29, 1.82) is 0 Å². The van der Waals surface area contributed by atoms with Crippen LogP contribution in [0.4, 0.5) is 9.59 Å². The van der Waals surface area contributed by atoms with Gasteiger partial charge in [-0.05, 0) is 106 Å². The second kappa shape index (κ2) is 29.1. The lowest BCUT2D eigenvalue weighted by Gasteiger charge is -2.32. The SMILES string of the molecule is CC[C@@H](O)COc1cc2cc(c1O)-c1cc(ccc1OC[C@@H](CNC(=O)OC(C)(C)C)[Si](C)(C)C)C[C@@H](C(=O)OC)NC(=O)[C@H](C)CC(=O)[C@H]2N(C)C(=O)[C@H](CNS(=O)(=O)NC(=O)OC(C)(C)C)CC(=O)c1cnn(-c2ccc(C(C)(C)C)cc2)c(=O)c1. The number of ether oxygens (including phenoxy) is 5. The summed E-state index contributed by atoms with van der Waals surface area (Å²) in [6.45, 7) is 24.2. The van der Waals surface area contributed by atoms with Crippen molar-refractivity contribution in [3.63, 3.8) is 0 Å². The van der Waals surface area contributed by atoms with Crippen LogP contribution in [0.25, 0.3) is 16.8 Å². The summed E-state index contributed by atoms with van der Waals surface area (Å²) in [5, 5.41) is 33.0. The number of Topliss-reactive ketones (excluding diaryl/α,β-unsaturated/α-hetero) is 2. The monoisotopic (exact) mass is 1260 g/mol. The van der Waals surface area contributed by atoms with Crippen molar-refractivity contribution in [2.75, 3.05) is 40.5 Å². The van der Waals surface area contributed by atoms with Crippen molar-refractivity contribution in [3.8, 4) is 34.1 Å². The zero-order chi connectivity index (χ0) is 66.0.